The summed E-state index contributed by atoms with van der Waals surface area (Å²) in [6, 6.07) is 7.07. The summed E-state index contributed by atoms with van der Waals surface area (Å²) >= 11 is 0. The molecule has 2 rings (SSSR count). The highest BCUT2D eigenvalue weighted by atomic mass is 32.2. The Labute approximate surface area is 137 Å². The van der Waals surface area contributed by atoms with E-state index in [0.717, 1.165) is 18.5 Å². The quantitative estimate of drug-likeness (QED) is 0.862. The lowest BCUT2D eigenvalue weighted by atomic mass is 10.1. The Kier molecular flexibility index (Phi) is 6.01. The largest absolute Gasteiger partial charge is 0.381 e. The van der Waals surface area contributed by atoms with Crippen LogP contribution in [0.25, 0.3) is 0 Å². The number of hydrogen-bond donors (Lipinski definition) is 1. The van der Waals surface area contributed by atoms with Gasteiger partial charge in [-0.05, 0) is 43.5 Å². The van der Waals surface area contributed by atoms with Gasteiger partial charge in [0.25, 0.3) is 0 Å². The molecule has 7 heteroatoms. The van der Waals surface area contributed by atoms with E-state index < -0.39 is 10.0 Å². The molecule has 0 saturated carbocycles. The highest BCUT2D eigenvalue weighted by Crippen LogP contribution is 2.25. The number of carbonyl (C=O) groups excluding carboxylic acids is 1. The Bertz CT molecular complexity index is 622. The zero-order valence-corrected chi connectivity index (χ0v) is 14.4. The van der Waals surface area contributed by atoms with Crippen molar-refractivity contribution in [2.45, 2.75) is 39.2 Å². The minimum Gasteiger partial charge on any atom is -0.381 e. The van der Waals surface area contributed by atoms with E-state index in [0.29, 0.717) is 25.3 Å². The van der Waals surface area contributed by atoms with Gasteiger partial charge in [-0.15, -0.1) is 0 Å². The third kappa shape index (κ3) is 4.94. The zero-order valence-electron chi connectivity index (χ0n) is 13.6. The van der Waals surface area contributed by atoms with Gasteiger partial charge >= 0.3 is 0 Å². The number of nitrogens with one attached hydrogen (secondary N) is 1. The Morgan fingerprint density at radius 3 is 2.39 bits per heavy atom. The van der Waals surface area contributed by atoms with Crippen LogP contribution in [0, 0.1) is 0 Å². The molecule has 0 atom stereocenters. The first-order valence-corrected chi connectivity index (χ1v) is 9.56. The highest BCUT2D eigenvalue weighted by Gasteiger charge is 2.25. The van der Waals surface area contributed by atoms with Crippen LogP contribution in [-0.2, 0) is 19.6 Å². The van der Waals surface area contributed by atoms with E-state index in [1.165, 1.54) is 0 Å². The van der Waals surface area contributed by atoms with Crippen LogP contribution < -0.4 is 9.62 Å². The Balaban J connectivity index is 2.14. The molecule has 1 heterocycles. The molecule has 1 aliphatic rings. The molecule has 1 aromatic rings. The summed E-state index contributed by atoms with van der Waals surface area (Å²) in [4.78, 5) is 13.8. The fourth-order valence-electron chi connectivity index (χ4n) is 2.78. The highest BCUT2D eigenvalue weighted by molar-refractivity contribution is 7.92. The van der Waals surface area contributed by atoms with E-state index >= 15 is 0 Å². The maximum atomic E-state index is 12.0. The van der Waals surface area contributed by atoms with E-state index in [-0.39, 0.29) is 17.7 Å². The number of rotatable bonds is 6. The Hall–Kier alpha value is -1.60. The van der Waals surface area contributed by atoms with Crippen LogP contribution in [0.1, 0.15) is 33.1 Å². The van der Waals surface area contributed by atoms with Gasteiger partial charge in [-0.25, -0.2) is 8.42 Å². The molecule has 0 aliphatic carbocycles. The zero-order chi connectivity index (χ0) is 16.9. The van der Waals surface area contributed by atoms with Crippen molar-refractivity contribution < 1.29 is 17.9 Å². The molecule has 23 heavy (non-hydrogen) atoms. The summed E-state index contributed by atoms with van der Waals surface area (Å²) < 4.78 is 31.5. The van der Waals surface area contributed by atoms with Crippen molar-refractivity contribution in [3.05, 3.63) is 24.3 Å². The van der Waals surface area contributed by atoms with Gasteiger partial charge in [-0.2, -0.15) is 0 Å². The second kappa shape index (κ2) is 7.79. The van der Waals surface area contributed by atoms with Gasteiger partial charge in [0.1, 0.15) is 0 Å². The number of hydrogen-bond acceptors (Lipinski definition) is 4. The maximum Gasteiger partial charge on any atom is 0.232 e. The van der Waals surface area contributed by atoms with Crippen LogP contribution in [0.15, 0.2) is 24.3 Å². The lowest BCUT2D eigenvalue weighted by molar-refractivity contribution is -0.117. The fraction of sp³-hybridized carbons (Fsp3) is 0.562. The molecule has 1 fully saturated rings. The van der Waals surface area contributed by atoms with E-state index in [1.54, 1.807) is 36.1 Å². The molecule has 1 amide bonds. The van der Waals surface area contributed by atoms with Crippen molar-refractivity contribution in [3.8, 4) is 0 Å². The molecule has 128 valence electrons. The monoisotopic (exact) mass is 340 g/mol. The third-order valence-corrected chi connectivity index (χ3v) is 5.28. The molecule has 0 radical (unpaired) electrons. The molecular weight excluding hydrogens is 316 g/mol. The molecule has 1 N–H and O–H groups in total. The third-order valence-electron chi connectivity index (χ3n) is 3.79. The van der Waals surface area contributed by atoms with Crippen LogP contribution >= 0.6 is 0 Å². The molecule has 0 unspecified atom stereocenters. The van der Waals surface area contributed by atoms with Crippen LogP contribution in [0.3, 0.4) is 0 Å². The van der Waals surface area contributed by atoms with Crippen molar-refractivity contribution in [3.63, 3.8) is 0 Å². The van der Waals surface area contributed by atoms with Crippen molar-refractivity contribution >= 4 is 27.3 Å². The van der Waals surface area contributed by atoms with Gasteiger partial charge < -0.3 is 9.64 Å². The van der Waals surface area contributed by atoms with Gasteiger partial charge in [-0.1, -0.05) is 6.92 Å². The predicted octanol–water partition coefficient (Wildman–Crippen LogP) is 2.37. The van der Waals surface area contributed by atoms with Gasteiger partial charge in [0.2, 0.25) is 15.9 Å². The maximum absolute atomic E-state index is 12.0. The topological polar surface area (TPSA) is 75.7 Å². The molecule has 0 aromatic heterocycles. The molecule has 1 saturated heterocycles. The average Bonchev–Trinajstić information content (AvgIpc) is 2.49. The summed E-state index contributed by atoms with van der Waals surface area (Å²) in [7, 11) is -3.30. The smallest absolute Gasteiger partial charge is 0.232 e. The molecule has 1 aliphatic heterocycles. The van der Waals surface area contributed by atoms with Crippen LogP contribution in [-0.4, -0.2) is 39.3 Å². The SMILES string of the molecule is CCCS(=O)(=O)Nc1ccc(N(C(C)=O)C2CCOCC2)cc1. The minimum absolute atomic E-state index is 0.0174. The molecule has 0 spiro atoms. The molecular formula is C16H24N2O4S. The molecule has 0 bridgehead atoms. The van der Waals surface area contributed by atoms with Gasteiger partial charge in [0.15, 0.2) is 0 Å². The molecule has 1 aromatic carbocycles. The summed E-state index contributed by atoms with van der Waals surface area (Å²) in [5.41, 5.74) is 1.29. The first-order valence-electron chi connectivity index (χ1n) is 7.91. The predicted molar refractivity (Wildman–Crippen MR) is 91.1 cm³/mol. The summed E-state index contributed by atoms with van der Waals surface area (Å²) in [6.45, 7) is 4.68. The lowest BCUT2D eigenvalue weighted by Gasteiger charge is -2.33. The summed E-state index contributed by atoms with van der Waals surface area (Å²) in [6.07, 6.45) is 2.18. The second-order valence-electron chi connectivity index (χ2n) is 5.70. The van der Waals surface area contributed by atoms with Gasteiger partial charge in [0.05, 0.1) is 5.75 Å². The standard InChI is InChI=1S/C16H24N2O4S/c1-3-12-23(20,21)17-14-4-6-15(7-5-14)18(13(2)19)16-8-10-22-11-9-16/h4-7,16-17H,3,8-12H2,1-2H3. The fourth-order valence-corrected chi connectivity index (χ4v) is 3.92. The normalized spacial score (nSPS) is 16.1. The number of ether oxygens (including phenoxy) is 1. The number of anilines is 2. The first-order chi connectivity index (χ1) is 10.9. The van der Waals surface area contributed by atoms with Gasteiger partial charge in [-0.3, -0.25) is 9.52 Å². The van der Waals surface area contributed by atoms with Crippen LogP contribution in [0.4, 0.5) is 11.4 Å². The van der Waals surface area contributed by atoms with E-state index in [4.69, 9.17) is 4.74 Å². The van der Waals surface area contributed by atoms with Crippen LogP contribution in [0.5, 0.6) is 0 Å². The van der Waals surface area contributed by atoms with E-state index in [2.05, 4.69) is 4.72 Å². The van der Waals surface area contributed by atoms with Gasteiger partial charge in [0, 0.05) is 37.6 Å². The lowest BCUT2D eigenvalue weighted by Crippen LogP contribution is -2.42. The summed E-state index contributed by atoms with van der Waals surface area (Å²) in [5.74, 6) is 0.0763. The summed E-state index contributed by atoms with van der Waals surface area (Å²) in [5, 5.41) is 0. The first kappa shape index (κ1) is 17.7. The van der Waals surface area contributed by atoms with E-state index in [1.807, 2.05) is 6.92 Å². The number of nitrogens with zero attached hydrogens (tertiary/aromatic N) is 1. The Morgan fingerprint density at radius 1 is 1.26 bits per heavy atom. The van der Waals surface area contributed by atoms with Crippen molar-refractivity contribution in [2.24, 2.45) is 0 Å². The van der Waals surface area contributed by atoms with Crippen molar-refractivity contribution in [1.82, 2.24) is 0 Å². The number of benzene rings is 1. The average molecular weight is 340 g/mol. The van der Waals surface area contributed by atoms with Crippen molar-refractivity contribution in [2.75, 3.05) is 28.6 Å². The Morgan fingerprint density at radius 2 is 1.87 bits per heavy atom. The minimum atomic E-state index is -3.30. The number of carbonyl (C=O) groups is 1. The van der Waals surface area contributed by atoms with Crippen LogP contribution in [0.2, 0.25) is 0 Å². The van der Waals surface area contributed by atoms with E-state index in [9.17, 15) is 13.2 Å². The molecule has 6 nitrogen and oxygen atoms in total. The van der Waals surface area contributed by atoms with Crippen molar-refractivity contribution in [1.29, 1.82) is 0 Å². The second-order valence-corrected chi connectivity index (χ2v) is 7.54. The number of sulfonamides is 1. The number of amides is 1.